The van der Waals surface area contributed by atoms with Gasteiger partial charge in [-0.05, 0) is 37.0 Å². The molecule has 0 aromatic heterocycles. The summed E-state index contributed by atoms with van der Waals surface area (Å²) in [6.07, 6.45) is 1.68. The molecule has 0 saturated carbocycles. The fourth-order valence-electron chi connectivity index (χ4n) is 2.07. The van der Waals surface area contributed by atoms with Gasteiger partial charge in [0.1, 0.15) is 0 Å². The predicted octanol–water partition coefficient (Wildman–Crippen LogP) is 6.70. The van der Waals surface area contributed by atoms with Crippen LogP contribution in [0.4, 0.5) is 0 Å². The molecule has 23 heavy (non-hydrogen) atoms. The van der Waals surface area contributed by atoms with E-state index in [9.17, 15) is 4.79 Å². The van der Waals surface area contributed by atoms with Crippen LogP contribution < -0.4 is 0 Å². The summed E-state index contributed by atoms with van der Waals surface area (Å²) >= 11 is 1.69. The average Bonchev–Trinajstić information content (AvgIpc) is 2.59. The molecular weight excluding hydrogens is 302 g/mol. The SMILES string of the molecule is CC.CC(C)C.CC(C)C1=C(C(C)C)N(C(C)C)C(=O)C=CS1. The van der Waals surface area contributed by atoms with Gasteiger partial charge in [-0.3, -0.25) is 4.79 Å². The molecule has 2 nitrogen and oxygen atoms in total. The Morgan fingerprint density at radius 1 is 0.870 bits per heavy atom. The van der Waals surface area contributed by atoms with Crippen molar-refractivity contribution in [1.82, 2.24) is 4.90 Å². The third-order valence-corrected chi connectivity index (χ3v) is 3.95. The normalized spacial score (nSPS) is 14.9. The van der Waals surface area contributed by atoms with Crippen LogP contribution in [-0.4, -0.2) is 16.8 Å². The highest BCUT2D eigenvalue weighted by Crippen LogP contribution is 2.36. The van der Waals surface area contributed by atoms with Gasteiger partial charge in [0.05, 0.1) is 0 Å². The Kier molecular flexibility index (Phi) is 13.5. The van der Waals surface area contributed by atoms with Gasteiger partial charge in [-0.25, -0.2) is 0 Å². The van der Waals surface area contributed by atoms with E-state index in [0.29, 0.717) is 11.8 Å². The fraction of sp³-hybridized carbons (Fsp3) is 0.750. The van der Waals surface area contributed by atoms with Crippen molar-refractivity contribution in [2.45, 2.75) is 82.2 Å². The minimum absolute atomic E-state index is 0.104. The molecule has 136 valence electrons. The maximum absolute atomic E-state index is 12.1. The van der Waals surface area contributed by atoms with Crippen LogP contribution in [0.1, 0.15) is 76.2 Å². The second-order valence-electron chi connectivity index (χ2n) is 7.01. The van der Waals surface area contributed by atoms with Crippen LogP contribution in [-0.2, 0) is 4.79 Å². The van der Waals surface area contributed by atoms with E-state index in [1.54, 1.807) is 17.8 Å². The van der Waals surface area contributed by atoms with E-state index in [1.165, 1.54) is 10.6 Å². The molecule has 1 heterocycles. The van der Waals surface area contributed by atoms with Crippen molar-refractivity contribution in [3.8, 4) is 0 Å². The molecule has 1 rings (SSSR count). The fourth-order valence-corrected chi connectivity index (χ4v) is 3.13. The first-order valence-electron chi connectivity index (χ1n) is 8.99. The average molecular weight is 342 g/mol. The Hall–Kier alpha value is -0.700. The zero-order valence-electron chi connectivity index (χ0n) is 17.2. The second kappa shape index (κ2) is 12.7. The van der Waals surface area contributed by atoms with Gasteiger partial charge >= 0.3 is 0 Å². The van der Waals surface area contributed by atoms with Gasteiger partial charge in [-0.1, -0.05) is 62.3 Å². The first-order chi connectivity index (χ1) is 10.6. The molecule has 0 unspecified atom stereocenters. The molecule has 0 aromatic carbocycles. The van der Waals surface area contributed by atoms with Crippen LogP contribution in [0.3, 0.4) is 0 Å². The van der Waals surface area contributed by atoms with E-state index in [1.807, 2.05) is 24.2 Å². The summed E-state index contributed by atoms with van der Waals surface area (Å²) in [4.78, 5) is 15.4. The Morgan fingerprint density at radius 3 is 1.61 bits per heavy atom. The predicted molar refractivity (Wildman–Crippen MR) is 107 cm³/mol. The van der Waals surface area contributed by atoms with Crippen molar-refractivity contribution in [2.75, 3.05) is 0 Å². The Labute approximate surface area is 149 Å². The molecule has 0 fully saturated rings. The number of rotatable bonds is 3. The molecule has 1 amide bonds. The summed E-state index contributed by atoms with van der Waals surface area (Å²) in [6, 6.07) is 0.206. The monoisotopic (exact) mass is 341 g/mol. The lowest BCUT2D eigenvalue weighted by Crippen LogP contribution is -2.37. The van der Waals surface area contributed by atoms with Crippen LogP contribution in [0, 0.1) is 17.8 Å². The van der Waals surface area contributed by atoms with Crippen molar-refractivity contribution < 1.29 is 4.79 Å². The lowest BCUT2D eigenvalue weighted by molar-refractivity contribution is -0.125. The Bertz CT molecular complexity index is 390. The Morgan fingerprint density at radius 2 is 1.30 bits per heavy atom. The highest BCUT2D eigenvalue weighted by atomic mass is 32.2. The van der Waals surface area contributed by atoms with Crippen molar-refractivity contribution in [1.29, 1.82) is 0 Å². The molecule has 0 N–H and O–H groups in total. The van der Waals surface area contributed by atoms with Crippen molar-refractivity contribution in [3.63, 3.8) is 0 Å². The third-order valence-electron chi connectivity index (χ3n) is 2.74. The largest absolute Gasteiger partial charge is 0.309 e. The number of hydrogen-bond acceptors (Lipinski definition) is 2. The van der Waals surface area contributed by atoms with Crippen LogP contribution in [0.15, 0.2) is 22.1 Å². The van der Waals surface area contributed by atoms with Crippen LogP contribution in [0.25, 0.3) is 0 Å². The lowest BCUT2D eigenvalue weighted by Gasteiger charge is -2.32. The van der Waals surface area contributed by atoms with Gasteiger partial charge in [-0.15, -0.1) is 11.8 Å². The molecule has 0 aliphatic carbocycles. The van der Waals surface area contributed by atoms with E-state index in [2.05, 4.69) is 62.3 Å². The van der Waals surface area contributed by atoms with Crippen LogP contribution in [0.5, 0.6) is 0 Å². The zero-order chi connectivity index (χ0) is 18.7. The van der Waals surface area contributed by atoms with Gasteiger partial charge in [0.15, 0.2) is 0 Å². The molecule has 0 radical (unpaired) electrons. The lowest BCUT2D eigenvalue weighted by atomic mass is 10.0. The molecule has 1 aliphatic heterocycles. The van der Waals surface area contributed by atoms with Crippen molar-refractivity contribution >= 4 is 17.7 Å². The molecule has 0 spiro atoms. The molecule has 0 atom stereocenters. The van der Waals surface area contributed by atoms with Gasteiger partial charge in [0.2, 0.25) is 0 Å². The van der Waals surface area contributed by atoms with E-state index in [0.717, 1.165) is 5.92 Å². The second-order valence-corrected chi connectivity index (χ2v) is 7.96. The molecule has 0 bridgehead atoms. The number of allylic oxidation sites excluding steroid dienone is 2. The van der Waals surface area contributed by atoms with E-state index in [-0.39, 0.29) is 11.9 Å². The summed E-state index contributed by atoms with van der Waals surface area (Å²) < 4.78 is 0. The summed E-state index contributed by atoms with van der Waals surface area (Å²) in [6.45, 7) is 23.3. The van der Waals surface area contributed by atoms with E-state index < -0.39 is 0 Å². The molecular formula is C20H39NOS. The highest BCUT2D eigenvalue weighted by Gasteiger charge is 2.27. The number of carbonyl (C=O) groups is 1. The van der Waals surface area contributed by atoms with E-state index >= 15 is 0 Å². The minimum Gasteiger partial charge on any atom is -0.309 e. The third kappa shape index (κ3) is 9.24. The number of amides is 1. The summed E-state index contributed by atoms with van der Waals surface area (Å²) in [5.74, 6) is 1.76. The Balaban J connectivity index is 0. The molecule has 0 aromatic rings. The maximum atomic E-state index is 12.1. The number of hydrogen-bond donors (Lipinski definition) is 0. The topological polar surface area (TPSA) is 20.3 Å². The summed E-state index contributed by atoms with van der Waals surface area (Å²) in [5, 5.41) is 1.92. The first kappa shape index (κ1) is 24.6. The molecule has 0 saturated heterocycles. The van der Waals surface area contributed by atoms with Gasteiger partial charge in [-0.2, -0.15) is 0 Å². The van der Waals surface area contributed by atoms with Crippen LogP contribution >= 0.6 is 11.8 Å². The summed E-state index contributed by atoms with van der Waals surface area (Å²) in [5.41, 5.74) is 1.19. The summed E-state index contributed by atoms with van der Waals surface area (Å²) in [7, 11) is 0. The minimum atomic E-state index is 0.104. The highest BCUT2D eigenvalue weighted by molar-refractivity contribution is 8.05. The van der Waals surface area contributed by atoms with Gasteiger partial charge < -0.3 is 4.90 Å². The first-order valence-corrected chi connectivity index (χ1v) is 9.87. The number of thioether (sulfide) groups is 1. The molecule has 1 aliphatic rings. The van der Waals surface area contributed by atoms with Gasteiger partial charge in [0, 0.05) is 22.7 Å². The van der Waals surface area contributed by atoms with Gasteiger partial charge in [0.25, 0.3) is 5.91 Å². The maximum Gasteiger partial charge on any atom is 0.251 e. The number of carbonyl (C=O) groups excluding carboxylic acids is 1. The quantitative estimate of drug-likeness (QED) is 0.569. The van der Waals surface area contributed by atoms with E-state index in [4.69, 9.17) is 0 Å². The molecule has 3 heteroatoms. The smallest absolute Gasteiger partial charge is 0.251 e. The van der Waals surface area contributed by atoms with Crippen molar-refractivity contribution in [3.05, 3.63) is 22.1 Å². The standard InChI is InChI=1S/C14H23NOS.C4H10.C2H6/c1-9(2)13-14(10(3)4)17-8-7-12(16)15(13)11(5)6;1-4(2)3;1-2/h7-11H,1-6H3;4H,1-3H3;1-2H3. The number of nitrogens with zero attached hydrogens (tertiary/aromatic N) is 1. The van der Waals surface area contributed by atoms with Crippen molar-refractivity contribution in [2.24, 2.45) is 17.8 Å². The van der Waals surface area contributed by atoms with Crippen LogP contribution in [0.2, 0.25) is 0 Å². The zero-order valence-corrected chi connectivity index (χ0v) is 18.0.